The van der Waals surface area contributed by atoms with E-state index in [9.17, 15) is 22.8 Å². The minimum Gasteiger partial charge on any atom is -0.356 e. The fourth-order valence-corrected chi connectivity index (χ4v) is 5.47. The van der Waals surface area contributed by atoms with E-state index < -0.39 is 11.7 Å². The molecule has 1 saturated heterocycles. The molecule has 2 aliphatic rings. The lowest BCUT2D eigenvalue weighted by Gasteiger charge is -2.44. The molecule has 1 aromatic carbocycles. The fourth-order valence-electron chi connectivity index (χ4n) is 3.99. The summed E-state index contributed by atoms with van der Waals surface area (Å²) in [6, 6.07) is 4.81. The number of nitrogens with one attached hydrogen (secondary N) is 1. The van der Waals surface area contributed by atoms with E-state index in [2.05, 4.69) is 12.2 Å². The van der Waals surface area contributed by atoms with Crippen LogP contribution >= 0.6 is 11.8 Å². The zero-order valence-corrected chi connectivity index (χ0v) is 18.0. The van der Waals surface area contributed by atoms with Crippen molar-refractivity contribution in [3.63, 3.8) is 0 Å². The molecule has 0 aromatic heterocycles. The highest BCUT2D eigenvalue weighted by Crippen LogP contribution is 2.43. The van der Waals surface area contributed by atoms with E-state index in [1.807, 2.05) is 0 Å². The number of hydrogen-bond acceptors (Lipinski definition) is 3. The van der Waals surface area contributed by atoms with Gasteiger partial charge in [0.1, 0.15) is 0 Å². The number of carbonyl (C=O) groups excluding carboxylic acids is 2. The molecule has 1 saturated carbocycles. The Morgan fingerprint density at radius 2 is 1.97 bits per heavy atom. The third kappa shape index (κ3) is 5.20. The van der Waals surface area contributed by atoms with E-state index in [1.165, 1.54) is 23.9 Å². The second-order valence-electron chi connectivity index (χ2n) is 7.92. The van der Waals surface area contributed by atoms with Crippen molar-refractivity contribution < 1.29 is 22.8 Å². The van der Waals surface area contributed by atoms with Crippen molar-refractivity contribution in [1.82, 2.24) is 10.2 Å². The van der Waals surface area contributed by atoms with Crippen LogP contribution in [-0.4, -0.2) is 41.6 Å². The molecule has 1 aliphatic heterocycles. The molecule has 3 rings (SSSR count). The number of unbranched alkanes of at least 4 members (excludes halogenated alkanes) is 1. The Kier molecular flexibility index (Phi) is 7.16. The second-order valence-corrected chi connectivity index (χ2v) is 9.20. The fraction of sp³-hybridized carbons (Fsp3) is 0.545. The van der Waals surface area contributed by atoms with Crippen LogP contribution < -0.4 is 5.32 Å². The Hall–Kier alpha value is -1.96. The van der Waals surface area contributed by atoms with E-state index >= 15 is 0 Å². The van der Waals surface area contributed by atoms with Crippen molar-refractivity contribution in [1.29, 1.82) is 0 Å². The lowest BCUT2D eigenvalue weighted by molar-refractivity contribution is -0.137. The number of benzene rings is 1. The molecule has 4 nitrogen and oxygen atoms in total. The van der Waals surface area contributed by atoms with Crippen LogP contribution in [0.2, 0.25) is 0 Å². The minimum atomic E-state index is -4.38. The third-order valence-corrected chi connectivity index (χ3v) is 7.20. The largest absolute Gasteiger partial charge is 0.416 e. The number of nitrogens with zero attached hydrogens (tertiary/aromatic N) is 1. The highest BCUT2D eigenvalue weighted by atomic mass is 32.2. The first kappa shape index (κ1) is 22.7. The Morgan fingerprint density at radius 3 is 2.60 bits per heavy atom. The van der Waals surface area contributed by atoms with Gasteiger partial charge in [0, 0.05) is 30.8 Å². The van der Waals surface area contributed by atoms with Crippen molar-refractivity contribution in [2.75, 3.05) is 13.6 Å². The van der Waals surface area contributed by atoms with Crippen LogP contribution in [0.4, 0.5) is 13.2 Å². The first-order chi connectivity index (χ1) is 14.2. The van der Waals surface area contributed by atoms with Gasteiger partial charge in [0.25, 0.3) is 5.91 Å². The number of rotatable bonds is 5. The molecule has 0 spiro atoms. The summed E-state index contributed by atoms with van der Waals surface area (Å²) in [4.78, 5) is 27.5. The molecular weight excluding hydrogens is 413 g/mol. The summed E-state index contributed by atoms with van der Waals surface area (Å²) in [5, 5.41) is 3.18. The predicted molar refractivity (Wildman–Crippen MR) is 113 cm³/mol. The van der Waals surface area contributed by atoms with Gasteiger partial charge in [0.05, 0.1) is 10.5 Å². The van der Waals surface area contributed by atoms with Crippen LogP contribution in [0.15, 0.2) is 29.2 Å². The number of likely N-dealkylation sites (N-methyl/N-ethyl adjacent to an activating group) is 1. The van der Waals surface area contributed by atoms with Gasteiger partial charge < -0.3 is 10.2 Å². The van der Waals surface area contributed by atoms with Crippen molar-refractivity contribution >= 4 is 29.7 Å². The molecule has 8 heteroatoms. The third-order valence-electron chi connectivity index (χ3n) is 5.80. The van der Waals surface area contributed by atoms with Crippen molar-refractivity contribution in [2.45, 2.75) is 56.5 Å². The molecule has 164 valence electrons. The van der Waals surface area contributed by atoms with Gasteiger partial charge in [0.2, 0.25) is 5.91 Å². The van der Waals surface area contributed by atoms with Crippen LogP contribution in [-0.2, 0) is 15.8 Å². The van der Waals surface area contributed by atoms with Gasteiger partial charge in [-0.25, -0.2) is 0 Å². The number of fused-ring (bicyclic) bond motifs is 1. The quantitative estimate of drug-likeness (QED) is 0.533. The van der Waals surface area contributed by atoms with Crippen LogP contribution in [0.1, 0.15) is 50.2 Å². The van der Waals surface area contributed by atoms with Crippen LogP contribution in [0.5, 0.6) is 0 Å². The first-order valence-corrected chi connectivity index (χ1v) is 11.2. The van der Waals surface area contributed by atoms with E-state index in [1.54, 1.807) is 18.0 Å². The van der Waals surface area contributed by atoms with Gasteiger partial charge in [-0.15, -0.1) is 11.8 Å². The summed E-state index contributed by atoms with van der Waals surface area (Å²) < 4.78 is 38.2. The predicted octanol–water partition coefficient (Wildman–Crippen LogP) is 4.71. The van der Waals surface area contributed by atoms with Crippen LogP contribution in [0, 0.1) is 5.92 Å². The van der Waals surface area contributed by atoms with E-state index in [0.29, 0.717) is 23.4 Å². The average Bonchev–Trinajstić information content (AvgIpc) is 2.71. The Bertz CT molecular complexity index is 808. The summed E-state index contributed by atoms with van der Waals surface area (Å²) in [6.45, 7) is 2.76. The number of alkyl halides is 3. The van der Waals surface area contributed by atoms with Gasteiger partial charge in [-0.3, -0.25) is 9.59 Å². The zero-order chi connectivity index (χ0) is 21.9. The summed E-state index contributed by atoms with van der Waals surface area (Å²) in [6.07, 6.45) is 1.50. The first-order valence-electron chi connectivity index (χ1n) is 10.3. The molecule has 1 aliphatic carbocycles. The van der Waals surface area contributed by atoms with Gasteiger partial charge in [-0.05, 0) is 49.5 Å². The van der Waals surface area contributed by atoms with Gasteiger partial charge in [-0.2, -0.15) is 13.2 Å². The van der Waals surface area contributed by atoms with Gasteiger partial charge in [-0.1, -0.05) is 25.5 Å². The number of thioether (sulfide) groups is 1. The molecule has 0 radical (unpaired) electrons. The van der Waals surface area contributed by atoms with Crippen molar-refractivity contribution in [2.24, 2.45) is 5.92 Å². The molecule has 2 fully saturated rings. The van der Waals surface area contributed by atoms with Gasteiger partial charge >= 0.3 is 6.18 Å². The van der Waals surface area contributed by atoms with E-state index in [4.69, 9.17) is 0 Å². The highest BCUT2D eigenvalue weighted by molar-refractivity contribution is 8.04. The molecule has 2 amide bonds. The van der Waals surface area contributed by atoms with E-state index in [-0.39, 0.29) is 29.0 Å². The topological polar surface area (TPSA) is 49.4 Å². The Morgan fingerprint density at radius 1 is 1.27 bits per heavy atom. The minimum absolute atomic E-state index is 0.0112. The molecule has 30 heavy (non-hydrogen) atoms. The Balaban J connectivity index is 1.68. The van der Waals surface area contributed by atoms with Crippen LogP contribution in [0.3, 0.4) is 0 Å². The normalized spacial score (nSPS) is 25.9. The second kappa shape index (κ2) is 9.45. The molecule has 3 unspecified atom stereocenters. The standard InChI is InChI=1S/C22H27F3N2O2S/c1-3-4-11-26-20(28)15-7-10-18-17(13-15)27(2)21(29)19(30-18)12-14-5-8-16(9-6-14)22(23,24)25/h5-6,8-9,12,15,17-18H,3-4,7,10-11,13H2,1-2H3,(H,26,28)/b19-12-. The molecule has 3 atom stereocenters. The summed E-state index contributed by atoms with van der Waals surface area (Å²) in [5.41, 5.74) is -0.144. The lowest BCUT2D eigenvalue weighted by Crippen LogP contribution is -2.52. The molecule has 1 N–H and O–H groups in total. The average molecular weight is 441 g/mol. The molecule has 1 aromatic rings. The number of amides is 2. The maximum Gasteiger partial charge on any atom is 0.416 e. The number of hydrogen-bond donors (Lipinski definition) is 1. The highest BCUT2D eigenvalue weighted by Gasteiger charge is 2.42. The monoisotopic (exact) mass is 440 g/mol. The zero-order valence-electron chi connectivity index (χ0n) is 17.2. The van der Waals surface area contributed by atoms with Gasteiger partial charge in [0.15, 0.2) is 0 Å². The summed E-state index contributed by atoms with van der Waals surface area (Å²) in [5.74, 6) is -0.161. The summed E-state index contributed by atoms with van der Waals surface area (Å²) >= 11 is 1.48. The van der Waals surface area contributed by atoms with Crippen molar-refractivity contribution in [3.8, 4) is 0 Å². The molecule has 0 bridgehead atoms. The maximum atomic E-state index is 12.9. The van der Waals surface area contributed by atoms with E-state index in [0.717, 1.165) is 37.8 Å². The smallest absolute Gasteiger partial charge is 0.356 e. The molecular formula is C22H27F3N2O2S. The SMILES string of the molecule is CCCCNC(=O)C1CCC2S/C(=C\c3ccc(C(F)(F)F)cc3)C(=O)N(C)C2C1. The lowest BCUT2D eigenvalue weighted by atomic mass is 9.83. The molecule has 1 heterocycles. The Labute approximate surface area is 179 Å². The number of carbonyl (C=O) groups is 2. The van der Waals surface area contributed by atoms with Crippen molar-refractivity contribution in [3.05, 3.63) is 40.3 Å². The van der Waals surface area contributed by atoms with Crippen LogP contribution in [0.25, 0.3) is 6.08 Å². The summed E-state index contributed by atoms with van der Waals surface area (Å²) in [7, 11) is 1.75. The number of halogens is 3. The maximum absolute atomic E-state index is 12.9.